The number of hydrogen-bond donors (Lipinski definition) is 2. The van der Waals surface area contributed by atoms with Crippen molar-refractivity contribution in [3.05, 3.63) is 35.7 Å². The molecule has 21 heavy (non-hydrogen) atoms. The topological polar surface area (TPSA) is 73.9 Å². The van der Waals surface area contributed by atoms with Gasteiger partial charge >= 0.3 is 0 Å². The number of piperazine rings is 1. The molecule has 1 aliphatic heterocycles. The number of H-pyrrole nitrogens is 1. The van der Waals surface area contributed by atoms with Gasteiger partial charge in [-0.15, -0.1) is 0 Å². The van der Waals surface area contributed by atoms with Gasteiger partial charge in [-0.3, -0.25) is 9.89 Å². The van der Waals surface area contributed by atoms with Crippen molar-refractivity contribution < 1.29 is 4.79 Å². The Kier molecular flexibility index (Phi) is 3.70. The summed E-state index contributed by atoms with van der Waals surface area (Å²) >= 11 is 0. The Bertz CT molecular complexity index is 651. The first-order chi connectivity index (χ1) is 10.1. The molecule has 1 aromatic heterocycles. The number of rotatable bonds is 2. The maximum absolute atomic E-state index is 12.6. The standard InChI is InChI=1S/C15H19N5O/c1-10-9-20(7-6-16-10)15(21)13-5-3-4-12(8-13)14-17-11(2)18-19-14/h3-5,8,10,16H,6-7,9H2,1-2H3,(H,17,18,19)/t10-/m1/s1. The van der Waals surface area contributed by atoms with Crippen LogP contribution in [-0.2, 0) is 0 Å². The zero-order chi connectivity index (χ0) is 14.8. The minimum Gasteiger partial charge on any atom is -0.336 e. The van der Waals surface area contributed by atoms with Crippen LogP contribution in [0.5, 0.6) is 0 Å². The maximum Gasteiger partial charge on any atom is 0.253 e. The molecular formula is C15H19N5O. The monoisotopic (exact) mass is 285 g/mol. The zero-order valence-corrected chi connectivity index (χ0v) is 12.3. The van der Waals surface area contributed by atoms with Gasteiger partial charge in [0.1, 0.15) is 5.82 Å². The summed E-state index contributed by atoms with van der Waals surface area (Å²) in [7, 11) is 0. The molecule has 2 N–H and O–H groups in total. The van der Waals surface area contributed by atoms with E-state index in [2.05, 4.69) is 27.4 Å². The van der Waals surface area contributed by atoms with Crippen molar-refractivity contribution in [2.24, 2.45) is 0 Å². The Balaban J connectivity index is 1.84. The van der Waals surface area contributed by atoms with Gasteiger partial charge in [-0.25, -0.2) is 4.98 Å². The zero-order valence-electron chi connectivity index (χ0n) is 12.3. The van der Waals surface area contributed by atoms with Crippen LogP contribution in [0.15, 0.2) is 24.3 Å². The summed E-state index contributed by atoms with van der Waals surface area (Å²) in [6.45, 7) is 6.27. The van der Waals surface area contributed by atoms with Crippen LogP contribution in [0.1, 0.15) is 23.1 Å². The number of nitrogens with one attached hydrogen (secondary N) is 2. The van der Waals surface area contributed by atoms with E-state index in [0.29, 0.717) is 17.4 Å². The van der Waals surface area contributed by atoms with E-state index < -0.39 is 0 Å². The van der Waals surface area contributed by atoms with Gasteiger partial charge in [-0.05, 0) is 26.0 Å². The molecular weight excluding hydrogens is 266 g/mol. The van der Waals surface area contributed by atoms with Gasteiger partial charge in [0.25, 0.3) is 5.91 Å². The molecule has 1 amide bonds. The normalized spacial score (nSPS) is 18.8. The number of benzene rings is 1. The number of aromatic nitrogens is 3. The molecule has 1 aliphatic rings. The minimum absolute atomic E-state index is 0.0671. The molecule has 110 valence electrons. The Labute approximate surface area is 123 Å². The lowest BCUT2D eigenvalue weighted by molar-refractivity contribution is 0.0709. The molecule has 3 rings (SSSR count). The van der Waals surface area contributed by atoms with Crippen LogP contribution in [0, 0.1) is 6.92 Å². The summed E-state index contributed by atoms with van der Waals surface area (Å²) in [6, 6.07) is 7.83. The Morgan fingerprint density at radius 1 is 1.43 bits per heavy atom. The molecule has 2 heterocycles. The lowest BCUT2D eigenvalue weighted by Crippen LogP contribution is -2.51. The molecule has 0 bridgehead atoms. The number of hydrogen-bond acceptors (Lipinski definition) is 4. The molecule has 0 spiro atoms. The summed E-state index contributed by atoms with van der Waals surface area (Å²) in [5, 5.41) is 10.3. The van der Waals surface area contributed by atoms with E-state index in [4.69, 9.17) is 0 Å². The lowest BCUT2D eigenvalue weighted by atomic mass is 10.1. The van der Waals surface area contributed by atoms with Gasteiger partial charge < -0.3 is 10.2 Å². The quantitative estimate of drug-likeness (QED) is 0.870. The Hall–Kier alpha value is -2.21. The molecule has 6 heteroatoms. The van der Waals surface area contributed by atoms with Crippen molar-refractivity contribution in [3.63, 3.8) is 0 Å². The minimum atomic E-state index is 0.0671. The van der Waals surface area contributed by atoms with Crippen LogP contribution in [0.3, 0.4) is 0 Å². The summed E-state index contributed by atoms with van der Waals surface area (Å²) in [5.41, 5.74) is 1.54. The highest BCUT2D eigenvalue weighted by atomic mass is 16.2. The highest BCUT2D eigenvalue weighted by molar-refractivity contribution is 5.95. The van der Waals surface area contributed by atoms with E-state index in [0.717, 1.165) is 31.0 Å². The third kappa shape index (κ3) is 2.95. The fraction of sp³-hybridized carbons (Fsp3) is 0.400. The van der Waals surface area contributed by atoms with Gasteiger partial charge in [0.05, 0.1) is 0 Å². The van der Waals surface area contributed by atoms with Crippen molar-refractivity contribution in [3.8, 4) is 11.4 Å². The van der Waals surface area contributed by atoms with E-state index in [1.807, 2.05) is 36.1 Å². The van der Waals surface area contributed by atoms with Crippen molar-refractivity contribution >= 4 is 5.91 Å². The molecule has 0 saturated carbocycles. The van der Waals surface area contributed by atoms with Crippen LogP contribution in [-0.4, -0.2) is 51.7 Å². The lowest BCUT2D eigenvalue weighted by Gasteiger charge is -2.32. The number of carbonyl (C=O) groups excluding carboxylic acids is 1. The fourth-order valence-electron chi connectivity index (χ4n) is 2.56. The van der Waals surface area contributed by atoms with E-state index >= 15 is 0 Å². The van der Waals surface area contributed by atoms with Crippen molar-refractivity contribution in [1.82, 2.24) is 25.4 Å². The van der Waals surface area contributed by atoms with E-state index in [9.17, 15) is 4.79 Å². The number of amides is 1. The highest BCUT2D eigenvalue weighted by Crippen LogP contribution is 2.18. The van der Waals surface area contributed by atoms with Gasteiger partial charge in [-0.2, -0.15) is 5.10 Å². The number of aryl methyl sites for hydroxylation is 1. The molecule has 0 aliphatic carbocycles. The third-order valence-corrected chi connectivity index (χ3v) is 3.62. The summed E-state index contributed by atoms with van der Waals surface area (Å²) in [5.74, 6) is 1.45. The van der Waals surface area contributed by atoms with Gasteiger partial charge in [0.2, 0.25) is 0 Å². The first-order valence-electron chi connectivity index (χ1n) is 7.15. The maximum atomic E-state index is 12.6. The molecule has 1 aromatic carbocycles. The SMILES string of the molecule is Cc1nc(-c2cccc(C(=O)N3CCN[C@H](C)C3)c2)n[nH]1. The predicted molar refractivity (Wildman–Crippen MR) is 79.9 cm³/mol. The van der Waals surface area contributed by atoms with Gasteiger partial charge in [-0.1, -0.05) is 12.1 Å². The van der Waals surface area contributed by atoms with E-state index in [1.54, 1.807) is 0 Å². The van der Waals surface area contributed by atoms with Crippen LogP contribution in [0.25, 0.3) is 11.4 Å². The number of nitrogens with zero attached hydrogens (tertiary/aromatic N) is 3. The second-order valence-corrected chi connectivity index (χ2v) is 5.43. The van der Waals surface area contributed by atoms with Crippen molar-refractivity contribution in [2.45, 2.75) is 19.9 Å². The molecule has 1 fully saturated rings. The largest absolute Gasteiger partial charge is 0.336 e. The third-order valence-electron chi connectivity index (χ3n) is 3.62. The van der Waals surface area contributed by atoms with Crippen molar-refractivity contribution in [1.29, 1.82) is 0 Å². The van der Waals surface area contributed by atoms with Crippen LogP contribution in [0.2, 0.25) is 0 Å². The van der Waals surface area contributed by atoms with Gasteiger partial charge in [0.15, 0.2) is 5.82 Å². The second-order valence-electron chi connectivity index (χ2n) is 5.43. The molecule has 2 aromatic rings. The van der Waals surface area contributed by atoms with Crippen LogP contribution >= 0.6 is 0 Å². The van der Waals surface area contributed by atoms with Crippen molar-refractivity contribution in [2.75, 3.05) is 19.6 Å². The summed E-state index contributed by atoms with van der Waals surface area (Å²) in [6.07, 6.45) is 0. The summed E-state index contributed by atoms with van der Waals surface area (Å²) < 4.78 is 0. The molecule has 6 nitrogen and oxygen atoms in total. The van der Waals surface area contributed by atoms with E-state index in [1.165, 1.54) is 0 Å². The molecule has 0 unspecified atom stereocenters. The van der Waals surface area contributed by atoms with E-state index in [-0.39, 0.29) is 5.91 Å². The first-order valence-corrected chi connectivity index (χ1v) is 7.15. The Morgan fingerprint density at radius 2 is 2.29 bits per heavy atom. The average molecular weight is 285 g/mol. The number of carbonyl (C=O) groups is 1. The summed E-state index contributed by atoms with van der Waals surface area (Å²) in [4.78, 5) is 18.8. The highest BCUT2D eigenvalue weighted by Gasteiger charge is 2.22. The van der Waals surface area contributed by atoms with Crippen LogP contribution < -0.4 is 5.32 Å². The molecule has 0 radical (unpaired) electrons. The average Bonchev–Trinajstić information content (AvgIpc) is 2.93. The second kappa shape index (κ2) is 5.65. The molecule has 1 saturated heterocycles. The number of aromatic amines is 1. The predicted octanol–water partition coefficient (Wildman–Crippen LogP) is 1.21. The fourth-order valence-corrected chi connectivity index (χ4v) is 2.56. The van der Waals surface area contributed by atoms with Crippen LogP contribution in [0.4, 0.5) is 0 Å². The van der Waals surface area contributed by atoms with Gasteiger partial charge in [0, 0.05) is 36.8 Å². The Morgan fingerprint density at radius 3 is 3.00 bits per heavy atom. The smallest absolute Gasteiger partial charge is 0.253 e. The molecule has 1 atom stereocenters. The first kappa shape index (κ1) is 13.8.